The molecular formula is C27H21F4N3O4. The maximum Gasteiger partial charge on any atom is 0.335 e. The lowest BCUT2D eigenvalue weighted by atomic mass is 9.89. The first-order valence-corrected chi connectivity index (χ1v) is 11.5. The van der Waals surface area contributed by atoms with Crippen molar-refractivity contribution in [2.45, 2.75) is 18.9 Å². The van der Waals surface area contributed by atoms with Gasteiger partial charge in [0.1, 0.15) is 16.9 Å². The fourth-order valence-corrected chi connectivity index (χ4v) is 4.83. The van der Waals surface area contributed by atoms with Crippen LogP contribution in [0, 0.1) is 23.3 Å². The molecule has 1 unspecified atom stereocenters. The van der Waals surface area contributed by atoms with Crippen LogP contribution in [-0.2, 0) is 10.3 Å². The predicted molar refractivity (Wildman–Crippen MR) is 131 cm³/mol. The molecule has 2 aromatic heterocycles. The lowest BCUT2D eigenvalue weighted by Crippen LogP contribution is -2.33. The molecule has 0 spiro atoms. The van der Waals surface area contributed by atoms with Crippen molar-refractivity contribution in [3.05, 3.63) is 83.2 Å². The van der Waals surface area contributed by atoms with Gasteiger partial charge < -0.3 is 19.5 Å². The molecule has 0 aliphatic carbocycles. The van der Waals surface area contributed by atoms with Crippen molar-refractivity contribution in [2.24, 2.45) is 0 Å². The quantitative estimate of drug-likeness (QED) is 0.237. The Morgan fingerprint density at radius 1 is 1.08 bits per heavy atom. The summed E-state index contributed by atoms with van der Waals surface area (Å²) in [5.74, 6) is -5.49. The van der Waals surface area contributed by atoms with Crippen molar-refractivity contribution >= 4 is 27.8 Å². The smallest absolute Gasteiger partial charge is 0.335 e. The first kappa shape index (κ1) is 25.4. The Labute approximate surface area is 212 Å². The van der Waals surface area contributed by atoms with E-state index in [-0.39, 0.29) is 57.5 Å². The molecule has 11 heteroatoms. The molecule has 0 aliphatic rings. The number of H-pyrrole nitrogens is 1. The van der Waals surface area contributed by atoms with E-state index in [4.69, 9.17) is 4.74 Å². The van der Waals surface area contributed by atoms with Crippen molar-refractivity contribution < 1.29 is 37.3 Å². The molecule has 5 rings (SSSR count). The molecule has 7 nitrogen and oxygen atoms in total. The Morgan fingerprint density at radius 3 is 2.47 bits per heavy atom. The molecule has 38 heavy (non-hydrogen) atoms. The van der Waals surface area contributed by atoms with Crippen molar-refractivity contribution in [3.8, 4) is 16.8 Å². The summed E-state index contributed by atoms with van der Waals surface area (Å²) in [4.78, 5) is 11.4. The number of hydrogen-bond donors (Lipinski definition) is 3. The number of benzene rings is 3. The van der Waals surface area contributed by atoms with Gasteiger partial charge in [-0.3, -0.25) is 5.10 Å². The number of rotatable bonds is 7. The first-order chi connectivity index (χ1) is 18.1. The fraction of sp³-hybridized carbons (Fsp3) is 0.185. The second-order valence-corrected chi connectivity index (χ2v) is 8.89. The van der Waals surface area contributed by atoms with E-state index in [2.05, 4.69) is 10.2 Å². The highest BCUT2D eigenvalue weighted by Crippen LogP contribution is 2.46. The van der Waals surface area contributed by atoms with Gasteiger partial charge in [0.25, 0.3) is 0 Å². The third-order valence-corrected chi connectivity index (χ3v) is 6.66. The molecule has 2 heterocycles. The number of hydrogen-bond acceptors (Lipinski definition) is 4. The Hall–Kier alpha value is -4.22. The molecule has 3 N–H and O–H groups in total. The zero-order valence-electron chi connectivity index (χ0n) is 20.2. The molecular weight excluding hydrogens is 506 g/mol. The number of ether oxygens (including phenoxy) is 1. The largest absolute Gasteiger partial charge is 0.478 e. The highest BCUT2D eigenvalue weighted by atomic mass is 19.2. The lowest BCUT2D eigenvalue weighted by Gasteiger charge is -2.30. The van der Waals surface area contributed by atoms with E-state index in [0.717, 1.165) is 24.3 Å². The molecule has 0 amide bonds. The van der Waals surface area contributed by atoms with Gasteiger partial charge in [-0.1, -0.05) is 13.0 Å². The maximum atomic E-state index is 16.2. The summed E-state index contributed by atoms with van der Waals surface area (Å²) in [6, 6.07) is 7.65. The normalized spacial score (nSPS) is 13.3. The number of halogens is 4. The standard InChI is InChI=1S/C27H21F4N3O4/c1-3-27(37,12-38-2)25-21(16-6-4-13(26(35)36)8-18(16)29)22-20(9-14-11-32-33-24(14)23(22)31)34(25)15-5-7-17(28)19(30)10-15/h4-11,37H,3,12H2,1-2H3,(H,32,33)(H,35,36). The van der Waals surface area contributed by atoms with Gasteiger partial charge in [0, 0.05) is 40.8 Å². The molecule has 1 atom stereocenters. The van der Waals surface area contributed by atoms with Crippen molar-refractivity contribution in [3.63, 3.8) is 0 Å². The van der Waals surface area contributed by atoms with E-state index in [1.54, 1.807) is 6.92 Å². The summed E-state index contributed by atoms with van der Waals surface area (Å²) in [5, 5.41) is 27.8. The van der Waals surface area contributed by atoms with Crippen LogP contribution < -0.4 is 0 Å². The Morgan fingerprint density at radius 2 is 1.84 bits per heavy atom. The van der Waals surface area contributed by atoms with Gasteiger partial charge in [-0.15, -0.1) is 0 Å². The molecule has 0 radical (unpaired) electrons. The van der Waals surface area contributed by atoms with E-state index in [0.29, 0.717) is 5.39 Å². The summed E-state index contributed by atoms with van der Waals surface area (Å²) in [5.41, 5.74) is -2.43. The zero-order valence-corrected chi connectivity index (χ0v) is 20.2. The second kappa shape index (κ2) is 9.26. The number of aliphatic hydroxyl groups is 1. The zero-order chi connectivity index (χ0) is 27.4. The average molecular weight is 527 g/mol. The Bertz CT molecular complexity index is 1730. The Balaban J connectivity index is 2.04. The van der Waals surface area contributed by atoms with Gasteiger partial charge in [-0.25, -0.2) is 22.4 Å². The summed E-state index contributed by atoms with van der Waals surface area (Å²) >= 11 is 0. The number of methoxy groups -OCH3 is 1. The van der Waals surface area contributed by atoms with Crippen LogP contribution in [0.15, 0.2) is 48.7 Å². The minimum atomic E-state index is -1.87. The number of aromatic carboxylic acids is 1. The maximum absolute atomic E-state index is 16.2. The third kappa shape index (κ3) is 3.82. The van der Waals surface area contributed by atoms with E-state index in [1.807, 2.05) is 0 Å². The summed E-state index contributed by atoms with van der Waals surface area (Å²) in [7, 11) is 1.34. The minimum Gasteiger partial charge on any atom is -0.478 e. The number of nitrogens with zero attached hydrogens (tertiary/aromatic N) is 2. The molecule has 196 valence electrons. The van der Waals surface area contributed by atoms with E-state index >= 15 is 8.78 Å². The molecule has 0 bridgehead atoms. The highest BCUT2D eigenvalue weighted by molar-refractivity contribution is 6.06. The SMILES string of the molecule is CCC(O)(COC)c1c(-c2ccc(C(=O)O)cc2F)c2c(F)c3[nH]ncc3cc2n1-c1ccc(F)c(F)c1. The summed E-state index contributed by atoms with van der Waals surface area (Å²) in [6.45, 7) is 1.32. The number of carbonyl (C=O) groups is 1. The summed E-state index contributed by atoms with van der Waals surface area (Å²) < 4.78 is 66.6. The van der Waals surface area contributed by atoms with Gasteiger partial charge in [0.15, 0.2) is 17.5 Å². The number of aromatic amines is 1. The molecule has 0 fully saturated rings. The van der Waals surface area contributed by atoms with Crippen LogP contribution in [0.2, 0.25) is 0 Å². The summed E-state index contributed by atoms with van der Waals surface area (Å²) in [6.07, 6.45) is 1.37. The van der Waals surface area contributed by atoms with Crippen molar-refractivity contribution in [1.82, 2.24) is 14.8 Å². The van der Waals surface area contributed by atoms with Gasteiger partial charge in [-0.2, -0.15) is 5.10 Å². The number of fused-ring (bicyclic) bond motifs is 2. The fourth-order valence-electron chi connectivity index (χ4n) is 4.83. The van der Waals surface area contributed by atoms with Crippen LogP contribution in [0.25, 0.3) is 38.6 Å². The minimum absolute atomic E-state index is 0.00193. The van der Waals surface area contributed by atoms with Crippen LogP contribution in [0.4, 0.5) is 17.6 Å². The van der Waals surface area contributed by atoms with Gasteiger partial charge >= 0.3 is 5.97 Å². The number of aromatic nitrogens is 3. The van der Waals surface area contributed by atoms with Crippen LogP contribution in [0.3, 0.4) is 0 Å². The highest BCUT2D eigenvalue weighted by Gasteiger charge is 2.38. The molecule has 0 saturated heterocycles. The number of carboxylic acid groups (broad SMARTS) is 1. The van der Waals surface area contributed by atoms with Gasteiger partial charge in [0.05, 0.1) is 29.6 Å². The van der Waals surface area contributed by atoms with Crippen LogP contribution in [0.1, 0.15) is 29.4 Å². The number of nitrogens with one attached hydrogen (secondary N) is 1. The number of carboxylic acids is 1. The second-order valence-electron chi connectivity index (χ2n) is 8.89. The molecule has 3 aromatic carbocycles. The van der Waals surface area contributed by atoms with Gasteiger partial charge in [-0.05, 0) is 36.8 Å². The first-order valence-electron chi connectivity index (χ1n) is 11.5. The molecule has 0 aliphatic heterocycles. The van der Waals surface area contributed by atoms with Crippen LogP contribution >= 0.6 is 0 Å². The van der Waals surface area contributed by atoms with E-state index in [1.165, 1.54) is 36.1 Å². The van der Waals surface area contributed by atoms with Crippen molar-refractivity contribution in [1.29, 1.82) is 0 Å². The van der Waals surface area contributed by atoms with Crippen LogP contribution in [-0.4, -0.2) is 44.7 Å². The van der Waals surface area contributed by atoms with Crippen LogP contribution in [0.5, 0.6) is 0 Å². The van der Waals surface area contributed by atoms with E-state index < -0.39 is 34.8 Å². The van der Waals surface area contributed by atoms with Crippen molar-refractivity contribution in [2.75, 3.05) is 13.7 Å². The monoisotopic (exact) mass is 527 g/mol. The average Bonchev–Trinajstić information content (AvgIpc) is 3.49. The molecule has 5 aromatic rings. The third-order valence-electron chi connectivity index (χ3n) is 6.66. The predicted octanol–water partition coefficient (Wildman–Crippen LogP) is 5.67. The Kier molecular flexibility index (Phi) is 6.20. The molecule has 0 saturated carbocycles. The topological polar surface area (TPSA) is 100 Å². The van der Waals surface area contributed by atoms with Gasteiger partial charge in [0.2, 0.25) is 0 Å². The lowest BCUT2D eigenvalue weighted by molar-refractivity contribution is -0.0422. The van der Waals surface area contributed by atoms with E-state index in [9.17, 15) is 23.8 Å².